The van der Waals surface area contributed by atoms with Gasteiger partial charge in [-0.15, -0.1) is 0 Å². The maximum absolute atomic E-state index is 10.8. The highest BCUT2D eigenvalue weighted by Crippen LogP contribution is 2.47. The summed E-state index contributed by atoms with van der Waals surface area (Å²) in [5, 5.41) is 0. The molecule has 1 rings (SSSR count). The number of hydrogen-bond acceptors (Lipinski definition) is 1. The van der Waals surface area contributed by atoms with Crippen molar-refractivity contribution in [1.29, 1.82) is 0 Å². The summed E-state index contributed by atoms with van der Waals surface area (Å²) < 4.78 is 0. The molecule has 0 radical (unpaired) electrons. The molecule has 1 aliphatic rings. The van der Waals surface area contributed by atoms with Gasteiger partial charge in [0.2, 0.25) is 0 Å². The largest absolute Gasteiger partial charge is 0.303 e. The quantitative estimate of drug-likeness (QED) is 0.455. The minimum absolute atomic E-state index is 0.106. The molecule has 1 nitrogen and oxygen atoms in total. The molecule has 0 amide bonds. The van der Waals surface area contributed by atoms with Gasteiger partial charge in [0.05, 0.1) is 0 Å². The van der Waals surface area contributed by atoms with Crippen LogP contribution < -0.4 is 0 Å². The molecule has 12 heavy (non-hydrogen) atoms. The van der Waals surface area contributed by atoms with E-state index < -0.39 is 0 Å². The molecule has 1 heteroatoms. The summed E-state index contributed by atoms with van der Waals surface area (Å²) >= 11 is 0. The summed E-state index contributed by atoms with van der Waals surface area (Å²) in [4.78, 5) is 10.8. The molecule has 1 fully saturated rings. The van der Waals surface area contributed by atoms with Gasteiger partial charge in [-0.2, -0.15) is 0 Å². The molecule has 0 saturated heterocycles. The molecule has 0 spiro atoms. The average molecular weight is 168 g/mol. The van der Waals surface area contributed by atoms with Crippen molar-refractivity contribution in [2.75, 3.05) is 0 Å². The Bertz CT molecular complexity index is 145. The van der Waals surface area contributed by atoms with Crippen LogP contribution in [-0.2, 0) is 4.79 Å². The molecule has 0 aromatic carbocycles. The Morgan fingerprint density at radius 2 is 2.08 bits per heavy atom. The summed E-state index contributed by atoms with van der Waals surface area (Å²) in [6.07, 6.45) is 8.40. The summed E-state index contributed by atoms with van der Waals surface area (Å²) in [6, 6.07) is 0. The number of rotatable bonds is 5. The summed E-state index contributed by atoms with van der Waals surface area (Å²) in [7, 11) is 0. The van der Waals surface area contributed by atoms with Crippen molar-refractivity contribution in [1.82, 2.24) is 0 Å². The number of aldehydes is 1. The van der Waals surface area contributed by atoms with E-state index in [1.54, 1.807) is 0 Å². The molecule has 0 atom stereocenters. The van der Waals surface area contributed by atoms with Gasteiger partial charge in [0.1, 0.15) is 6.29 Å². The Morgan fingerprint density at radius 3 is 2.50 bits per heavy atom. The van der Waals surface area contributed by atoms with Crippen molar-refractivity contribution in [3.63, 3.8) is 0 Å². The van der Waals surface area contributed by atoms with Gasteiger partial charge in [-0.05, 0) is 25.2 Å². The number of carbonyl (C=O) groups is 1. The third-order valence-electron chi connectivity index (χ3n) is 3.04. The molecule has 0 bridgehead atoms. The number of carbonyl (C=O) groups excluding carboxylic acids is 1. The normalized spacial score (nSPS) is 34.3. The van der Waals surface area contributed by atoms with E-state index in [-0.39, 0.29) is 5.41 Å². The zero-order valence-electron chi connectivity index (χ0n) is 8.31. The Kier molecular flexibility index (Phi) is 3.30. The fourth-order valence-corrected chi connectivity index (χ4v) is 2.41. The molecule has 0 aromatic rings. The first-order valence-electron chi connectivity index (χ1n) is 5.19. The Morgan fingerprint density at radius 1 is 1.42 bits per heavy atom. The first-order chi connectivity index (χ1) is 5.72. The van der Waals surface area contributed by atoms with Crippen LogP contribution in [0.5, 0.6) is 0 Å². The molecule has 0 unspecified atom stereocenters. The van der Waals surface area contributed by atoms with Crippen molar-refractivity contribution in [3.8, 4) is 0 Å². The van der Waals surface area contributed by atoms with Crippen molar-refractivity contribution < 1.29 is 4.79 Å². The van der Waals surface area contributed by atoms with E-state index in [4.69, 9.17) is 0 Å². The van der Waals surface area contributed by atoms with Gasteiger partial charge in [-0.25, -0.2) is 0 Å². The average Bonchev–Trinajstić information content (AvgIpc) is 2.01. The molecule has 0 aliphatic heterocycles. The number of hydrogen-bond donors (Lipinski definition) is 0. The summed E-state index contributed by atoms with van der Waals surface area (Å²) in [5.41, 5.74) is 0.106. The van der Waals surface area contributed by atoms with Crippen LogP contribution in [0.2, 0.25) is 0 Å². The van der Waals surface area contributed by atoms with Crippen molar-refractivity contribution in [3.05, 3.63) is 0 Å². The molecular weight excluding hydrogens is 148 g/mol. The molecule has 1 saturated carbocycles. The molecule has 70 valence electrons. The van der Waals surface area contributed by atoms with E-state index in [0.717, 1.165) is 25.2 Å². The zero-order chi connectivity index (χ0) is 9.03. The van der Waals surface area contributed by atoms with Gasteiger partial charge in [0, 0.05) is 5.41 Å². The maximum atomic E-state index is 10.8. The Hall–Kier alpha value is -0.330. The molecule has 0 aromatic heterocycles. The van der Waals surface area contributed by atoms with Crippen molar-refractivity contribution in [2.45, 2.75) is 52.4 Å². The van der Waals surface area contributed by atoms with Gasteiger partial charge in [0.15, 0.2) is 0 Å². The second kappa shape index (κ2) is 4.06. The van der Waals surface area contributed by atoms with E-state index in [0.29, 0.717) is 0 Å². The predicted molar refractivity (Wildman–Crippen MR) is 51.0 cm³/mol. The number of unbranched alkanes of at least 4 members (excludes halogenated alkanes) is 2. The lowest BCUT2D eigenvalue weighted by Crippen LogP contribution is -2.37. The third kappa shape index (κ3) is 2.09. The Labute approximate surface area is 75.5 Å². The van der Waals surface area contributed by atoms with Crippen LogP contribution in [-0.4, -0.2) is 6.29 Å². The highest BCUT2D eigenvalue weighted by atomic mass is 16.1. The highest BCUT2D eigenvalue weighted by Gasteiger charge is 2.40. The molecule has 0 N–H and O–H groups in total. The SMILES string of the molecule is CCCCCC1(C=O)CC(C)C1. The summed E-state index contributed by atoms with van der Waals surface area (Å²) in [6.45, 7) is 4.44. The van der Waals surface area contributed by atoms with Crippen LogP contribution in [0.25, 0.3) is 0 Å². The molecule has 1 aliphatic carbocycles. The first kappa shape index (κ1) is 9.76. The van der Waals surface area contributed by atoms with E-state index in [1.165, 1.54) is 25.5 Å². The van der Waals surface area contributed by atoms with Gasteiger partial charge in [-0.3, -0.25) is 0 Å². The van der Waals surface area contributed by atoms with E-state index in [2.05, 4.69) is 13.8 Å². The topological polar surface area (TPSA) is 17.1 Å². The van der Waals surface area contributed by atoms with E-state index in [9.17, 15) is 4.79 Å². The van der Waals surface area contributed by atoms with Gasteiger partial charge in [-0.1, -0.05) is 33.1 Å². The predicted octanol–water partition coefficient (Wildman–Crippen LogP) is 3.18. The van der Waals surface area contributed by atoms with Crippen LogP contribution in [0.15, 0.2) is 0 Å². The second-order valence-electron chi connectivity index (χ2n) is 4.45. The smallest absolute Gasteiger partial charge is 0.126 e. The fourth-order valence-electron chi connectivity index (χ4n) is 2.41. The minimum atomic E-state index is 0.106. The lowest BCUT2D eigenvalue weighted by molar-refractivity contribution is -0.123. The first-order valence-corrected chi connectivity index (χ1v) is 5.19. The Balaban J connectivity index is 2.23. The fraction of sp³-hybridized carbons (Fsp3) is 0.909. The molecule has 0 heterocycles. The van der Waals surface area contributed by atoms with E-state index in [1.807, 2.05) is 0 Å². The zero-order valence-corrected chi connectivity index (χ0v) is 8.31. The van der Waals surface area contributed by atoms with E-state index >= 15 is 0 Å². The van der Waals surface area contributed by atoms with Crippen molar-refractivity contribution in [2.24, 2.45) is 11.3 Å². The summed E-state index contributed by atoms with van der Waals surface area (Å²) in [5.74, 6) is 0.789. The van der Waals surface area contributed by atoms with Crippen molar-refractivity contribution >= 4 is 6.29 Å². The van der Waals surface area contributed by atoms with Crippen LogP contribution in [0.1, 0.15) is 52.4 Å². The highest BCUT2D eigenvalue weighted by molar-refractivity contribution is 5.61. The maximum Gasteiger partial charge on any atom is 0.126 e. The van der Waals surface area contributed by atoms with Crippen LogP contribution in [0.3, 0.4) is 0 Å². The monoisotopic (exact) mass is 168 g/mol. The molecular formula is C11H20O. The van der Waals surface area contributed by atoms with Crippen LogP contribution >= 0.6 is 0 Å². The van der Waals surface area contributed by atoms with Gasteiger partial charge in [0.25, 0.3) is 0 Å². The standard InChI is InChI=1S/C11H20O/c1-3-4-5-6-11(9-12)7-10(2)8-11/h9-10H,3-8H2,1-2H3. The third-order valence-corrected chi connectivity index (χ3v) is 3.04. The van der Waals surface area contributed by atoms with Gasteiger partial charge < -0.3 is 4.79 Å². The minimum Gasteiger partial charge on any atom is -0.303 e. The second-order valence-corrected chi connectivity index (χ2v) is 4.45. The lowest BCUT2D eigenvalue weighted by atomic mass is 9.61. The van der Waals surface area contributed by atoms with Crippen LogP contribution in [0.4, 0.5) is 0 Å². The lowest BCUT2D eigenvalue weighted by Gasteiger charge is -2.42. The van der Waals surface area contributed by atoms with Gasteiger partial charge >= 0.3 is 0 Å². The van der Waals surface area contributed by atoms with Crippen LogP contribution in [0, 0.1) is 11.3 Å².